The number of pyridine rings is 1. The number of amides is 1. The van der Waals surface area contributed by atoms with Gasteiger partial charge in [-0.3, -0.25) is 14.4 Å². The molecule has 1 saturated heterocycles. The highest BCUT2D eigenvalue weighted by Crippen LogP contribution is 2.28. The average Bonchev–Trinajstić information content (AvgIpc) is 3.52. The number of aromatic amines is 1. The van der Waals surface area contributed by atoms with Crippen LogP contribution in [0.2, 0.25) is 0 Å². The molecule has 13 heteroatoms. The summed E-state index contributed by atoms with van der Waals surface area (Å²) < 4.78 is 12.4. The van der Waals surface area contributed by atoms with Crippen LogP contribution in [-0.2, 0) is 16.6 Å². The second kappa shape index (κ2) is 11.4. The van der Waals surface area contributed by atoms with Crippen molar-refractivity contribution in [3.63, 3.8) is 0 Å². The summed E-state index contributed by atoms with van der Waals surface area (Å²) in [5, 5.41) is 14.8. The van der Waals surface area contributed by atoms with E-state index in [0.717, 1.165) is 59.6 Å². The SMILES string of the molecule is COCC(C(=O)Nc1nccc2c(C3=NC(Nc4cn(C)nc4OC)NC=C3C)c[nH]c12)N1CCN(C)CC1. The second-order valence-corrected chi connectivity index (χ2v) is 9.83. The number of hydrogen-bond donors (Lipinski definition) is 4. The molecular formula is C26H36N10O3. The maximum absolute atomic E-state index is 13.4. The van der Waals surface area contributed by atoms with Gasteiger partial charge in [0.25, 0.3) is 5.88 Å². The Balaban J connectivity index is 1.39. The zero-order valence-electron chi connectivity index (χ0n) is 23.0. The lowest BCUT2D eigenvalue weighted by Gasteiger charge is -2.36. The number of carbonyl (C=O) groups is 1. The van der Waals surface area contributed by atoms with Crippen LogP contribution in [0.5, 0.6) is 5.88 Å². The summed E-state index contributed by atoms with van der Waals surface area (Å²) in [5.41, 5.74) is 4.18. The number of aryl methyl sites for hydroxylation is 1. The van der Waals surface area contributed by atoms with E-state index < -0.39 is 12.3 Å². The molecule has 3 aromatic heterocycles. The van der Waals surface area contributed by atoms with Crippen LogP contribution in [0.25, 0.3) is 10.9 Å². The smallest absolute Gasteiger partial charge is 0.256 e. The van der Waals surface area contributed by atoms with E-state index in [1.54, 1.807) is 25.1 Å². The van der Waals surface area contributed by atoms with Gasteiger partial charge >= 0.3 is 0 Å². The molecule has 39 heavy (non-hydrogen) atoms. The van der Waals surface area contributed by atoms with E-state index in [9.17, 15) is 4.79 Å². The van der Waals surface area contributed by atoms with E-state index in [1.165, 1.54) is 0 Å². The lowest BCUT2D eigenvalue weighted by Crippen LogP contribution is -2.54. The Hall–Kier alpha value is -3.94. The highest BCUT2D eigenvalue weighted by molar-refractivity contribution is 6.20. The molecule has 2 aliphatic heterocycles. The molecule has 5 heterocycles. The minimum atomic E-state index is -0.425. The predicted molar refractivity (Wildman–Crippen MR) is 150 cm³/mol. The first kappa shape index (κ1) is 26.7. The number of rotatable bonds is 9. The number of fused-ring (bicyclic) bond motifs is 1. The fraction of sp³-hybridized carbons (Fsp3) is 0.462. The quantitative estimate of drug-likeness (QED) is 0.318. The van der Waals surface area contributed by atoms with Crippen molar-refractivity contribution in [1.29, 1.82) is 0 Å². The van der Waals surface area contributed by atoms with E-state index in [-0.39, 0.29) is 5.91 Å². The van der Waals surface area contributed by atoms with Gasteiger partial charge in [0, 0.05) is 69.9 Å². The number of nitrogens with zero attached hydrogens (tertiary/aromatic N) is 6. The molecule has 1 fully saturated rings. The van der Waals surface area contributed by atoms with E-state index in [0.29, 0.717) is 18.3 Å². The van der Waals surface area contributed by atoms with Crippen LogP contribution in [0.1, 0.15) is 12.5 Å². The molecule has 208 valence electrons. The predicted octanol–water partition coefficient (Wildman–Crippen LogP) is 1.20. The van der Waals surface area contributed by atoms with Gasteiger partial charge in [-0.15, -0.1) is 5.10 Å². The zero-order chi connectivity index (χ0) is 27.5. The molecule has 0 saturated carbocycles. The summed E-state index contributed by atoms with van der Waals surface area (Å²) in [4.78, 5) is 30.5. The number of piperazine rings is 1. The Kier molecular flexibility index (Phi) is 7.82. The maximum Gasteiger partial charge on any atom is 0.256 e. The third-order valence-corrected chi connectivity index (χ3v) is 7.07. The van der Waals surface area contributed by atoms with E-state index in [2.05, 4.69) is 47.9 Å². The molecule has 4 N–H and O–H groups in total. The number of hydrogen-bond acceptors (Lipinski definition) is 10. The number of likely N-dealkylation sites (N-methyl/N-ethyl adjacent to an activating group) is 1. The molecule has 0 radical (unpaired) electrons. The van der Waals surface area contributed by atoms with Gasteiger partial charge in [-0.2, -0.15) is 0 Å². The largest absolute Gasteiger partial charge is 0.478 e. The van der Waals surface area contributed by atoms with Crippen molar-refractivity contribution in [2.45, 2.75) is 19.3 Å². The standard InChI is InChI=1S/C26H36N10O3/c1-16-12-29-26(30-19-14-35(3)33-25(19)39-5)31-21(16)18-13-28-22-17(18)6-7-27-23(22)32-24(37)20(15-38-4)36-10-8-34(2)9-11-36/h6-7,12-14,20,26,28-30H,8-11,15H2,1-5H3,(H,27,32,37). The van der Waals surface area contributed by atoms with Crippen LogP contribution in [0, 0.1) is 0 Å². The van der Waals surface area contributed by atoms with Gasteiger partial charge in [0.05, 0.1) is 31.1 Å². The molecule has 1 amide bonds. The Morgan fingerprint density at radius 1 is 1.23 bits per heavy atom. The van der Waals surface area contributed by atoms with Crippen LogP contribution >= 0.6 is 0 Å². The Bertz CT molecular complexity index is 1390. The monoisotopic (exact) mass is 536 g/mol. The number of carbonyl (C=O) groups excluding carboxylic acids is 1. The fourth-order valence-electron chi connectivity index (χ4n) is 4.95. The molecule has 2 unspecified atom stereocenters. The molecule has 2 atom stereocenters. The van der Waals surface area contributed by atoms with Crippen molar-refractivity contribution in [3.8, 4) is 5.88 Å². The zero-order valence-corrected chi connectivity index (χ0v) is 23.0. The molecule has 5 rings (SSSR count). The Labute approximate surface area is 227 Å². The normalized spacial score (nSPS) is 19.3. The molecule has 0 aliphatic carbocycles. The molecule has 2 aliphatic rings. The summed E-state index contributed by atoms with van der Waals surface area (Å²) in [6, 6.07) is 1.53. The highest BCUT2D eigenvalue weighted by atomic mass is 16.5. The Morgan fingerprint density at radius 3 is 2.77 bits per heavy atom. The fourth-order valence-corrected chi connectivity index (χ4v) is 4.95. The third kappa shape index (κ3) is 5.60. The number of aliphatic imine (C=N–C) groups is 1. The van der Waals surface area contributed by atoms with Crippen LogP contribution < -0.4 is 20.7 Å². The van der Waals surface area contributed by atoms with Crippen LogP contribution in [-0.4, -0.2) is 108 Å². The Morgan fingerprint density at radius 2 is 2.03 bits per heavy atom. The van der Waals surface area contributed by atoms with Gasteiger partial charge in [-0.25, -0.2) is 9.98 Å². The van der Waals surface area contributed by atoms with Gasteiger partial charge in [-0.1, -0.05) is 0 Å². The molecule has 3 aromatic rings. The maximum atomic E-state index is 13.4. The number of aromatic nitrogens is 4. The lowest BCUT2D eigenvalue weighted by atomic mass is 10.0. The molecule has 13 nitrogen and oxygen atoms in total. The van der Waals surface area contributed by atoms with E-state index in [1.807, 2.05) is 38.6 Å². The van der Waals surface area contributed by atoms with Gasteiger partial charge in [0.1, 0.15) is 11.7 Å². The minimum Gasteiger partial charge on any atom is -0.478 e. The molecule has 0 bridgehead atoms. The van der Waals surface area contributed by atoms with Crippen molar-refractivity contribution in [1.82, 2.24) is 34.9 Å². The molecular weight excluding hydrogens is 500 g/mol. The van der Waals surface area contributed by atoms with Crippen molar-refractivity contribution < 1.29 is 14.3 Å². The average molecular weight is 537 g/mol. The van der Waals surface area contributed by atoms with Crippen molar-refractivity contribution >= 4 is 34.0 Å². The van der Waals surface area contributed by atoms with Crippen LogP contribution in [0.15, 0.2) is 41.4 Å². The summed E-state index contributed by atoms with van der Waals surface area (Å²) >= 11 is 0. The third-order valence-electron chi connectivity index (χ3n) is 7.07. The molecule has 0 spiro atoms. The van der Waals surface area contributed by atoms with Gasteiger partial charge in [0.2, 0.25) is 5.91 Å². The summed E-state index contributed by atoms with van der Waals surface area (Å²) in [6.45, 7) is 5.75. The number of ether oxygens (including phenoxy) is 2. The lowest BCUT2D eigenvalue weighted by molar-refractivity contribution is -0.124. The second-order valence-electron chi connectivity index (χ2n) is 9.83. The number of allylic oxidation sites excluding steroid dienone is 1. The summed E-state index contributed by atoms with van der Waals surface area (Å²) in [5.74, 6) is 0.830. The number of nitrogens with one attached hydrogen (secondary N) is 4. The molecule has 0 aromatic carbocycles. The van der Waals surface area contributed by atoms with Crippen LogP contribution in [0.4, 0.5) is 11.5 Å². The van der Waals surface area contributed by atoms with Crippen LogP contribution in [0.3, 0.4) is 0 Å². The van der Waals surface area contributed by atoms with E-state index >= 15 is 0 Å². The first-order chi connectivity index (χ1) is 18.9. The van der Waals surface area contributed by atoms with Gasteiger partial charge in [-0.05, 0) is 25.6 Å². The first-order valence-corrected chi connectivity index (χ1v) is 12.9. The van der Waals surface area contributed by atoms with Gasteiger partial charge < -0.3 is 35.3 Å². The topological polar surface area (TPSA) is 137 Å². The van der Waals surface area contributed by atoms with E-state index in [4.69, 9.17) is 14.5 Å². The first-order valence-electron chi connectivity index (χ1n) is 12.9. The summed E-state index contributed by atoms with van der Waals surface area (Å²) in [6.07, 6.45) is 6.95. The van der Waals surface area contributed by atoms with Gasteiger partial charge in [0.15, 0.2) is 12.1 Å². The number of H-pyrrole nitrogens is 1. The van der Waals surface area contributed by atoms with Crippen molar-refractivity contribution in [3.05, 3.63) is 42.0 Å². The number of anilines is 2. The van der Waals surface area contributed by atoms with Crippen molar-refractivity contribution in [2.75, 3.05) is 64.7 Å². The highest BCUT2D eigenvalue weighted by Gasteiger charge is 2.29. The number of methoxy groups -OCH3 is 2. The minimum absolute atomic E-state index is 0.137. The van der Waals surface area contributed by atoms with Crippen molar-refractivity contribution in [2.24, 2.45) is 12.0 Å². The summed E-state index contributed by atoms with van der Waals surface area (Å²) in [7, 11) is 7.13.